The molecule has 1 saturated carbocycles. The Labute approximate surface area is 167 Å². The molecule has 1 aliphatic carbocycles. The molecule has 1 aromatic heterocycles. The topological polar surface area (TPSA) is 88.4 Å². The van der Waals surface area contributed by atoms with Gasteiger partial charge in [-0.25, -0.2) is 13.1 Å². The molecule has 0 radical (unpaired) electrons. The molecule has 1 heterocycles. The van der Waals surface area contributed by atoms with E-state index in [1.165, 1.54) is 6.26 Å². The van der Waals surface area contributed by atoms with Gasteiger partial charge in [-0.05, 0) is 44.4 Å². The zero-order valence-electron chi connectivity index (χ0n) is 17.0. The molecule has 0 saturated heterocycles. The van der Waals surface area contributed by atoms with Crippen LogP contribution in [0.25, 0.3) is 5.69 Å². The Kier molecular flexibility index (Phi) is 5.79. The second-order valence-corrected chi connectivity index (χ2v) is 9.96. The summed E-state index contributed by atoms with van der Waals surface area (Å²) < 4.78 is 25.2. The lowest BCUT2D eigenvalue weighted by atomic mass is 10.1. The second-order valence-electron chi connectivity index (χ2n) is 7.82. The summed E-state index contributed by atoms with van der Waals surface area (Å²) in [6.07, 6.45) is 3.17. The summed E-state index contributed by atoms with van der Waals surface area (Å²) in [4.78, 5) is 4.28. The van der Waals surface area contributed by atoms with Crippen LogP contribution in [0.2, 0.25) is 0 Å². The van der Waals surface area contributed by atoms with Gasteiger partial charge in [0.15, 0.2) is 5.96 Å². The highest BCUT2D eigenvalue weighted by atomic mass is 32.2. The molecule has 2 aromatic rings. The van der Waals surface area contributed by atoms with Gasteiger partial charge in [-0.15, -0.1) is 0 Å². The monoisotopic (exact) mass is 403 g/mol. The van der Waals surface area contributed by atoms with Gasteiger partial charge in [-0.1, -0.05) is 18.2 Å². The maximum absolute atomic E-state index is 11.6. The van der Waals surface area contributed by atoms with Crippen molar-refractivity contribution in [2.24, 2.45) is 10.4 Å². The first-order valence-corrected chi connectivity index (χ1v) is 11.5. The fraction of sp³-hybridized carbons (Fsp3) is 0.500. The molecule has 8 heteroatoms. The Morgan fingerprint density at radius 1 is 1.25 bits per heavy atom. The standard InChI is InChI=1S/C20H29N5O2S/c1-15-11-16(2)25(24-15)18-8-6-5-7-17(18)12-22-19(21-3)23-13-20(9-10-20)14-28(4,26)27/h5-8,11H,9-10,12-14H2,1-4H3,(H2,21,22,23). The number of aliphatic imine (C=N–C) groups is 1. The number of aromatic nitrogens is 2. The maximum Gasteiger partial charge on any atom is 0.191 e. The van der Waals surface area contributed by atoms with Crippen LogP contribution >= 0.6 is 0 Å². The van der Waals surface area contributed by atoms with Crippen molar-refractivity contribution < 1.29 is 8.42 Å². The van der Waals surface area contributed by atoms with Crippen LogP contribution in [0.4, 0.5) is 0 Å². The molecule has 7 nitrogen and oxygen atoms in total. The number of hydrogen-bond acceptors (Lipinski definition) is 4. The van der Waals surface area contributed by atoms with Gasteiger partial charge in [0, 0.05) is 37.5 Å². The van der Waals surface area contributed by atoms with E-state index in [0.717, 1.165) is 35.5 Å². The third-order valence-corrected chi connectivity index (χ3v) is 6.19. The number of aryl methyl sites for hydroxylation is 2. The number of nitrogens with one attached hydrogen (secondary N) is 2. The first-order valence-electron chi connectivity index (χ1n) is 9.45. The summed E-state index contributed by atoms with van der Waals surface area (Å²) in [5.41, 5.74) is 4.07. The lowest BCUT2D eigenvalue weighted by Crippen LogP contribution is -2.41. The quantitative estimate of drug-likeness (QED) is 0.545. The van der Waals surface area contributed by atoms with E-state index in [0.29, 0.717) is 19.0 Å². The van der Waals surface area contributed by atoms with Crippen molar-refractivity contribution in [1.82, 2.24) is 20.4 Å². The van der Waals surface area contributed by atoms with Gasteiger partial charge in [0.1, 0.15) is 9.84 Å². The fourth-order valence-electron chi connectivity index (χ4n) is 3.52. The van der Waals surface area contributed by atoms with E-state index in [2.05, 4.69) is 38.9 Å². The second kappa shape index (κ2) is 7.95. The lowest BCUT2D eigenvalue weighted by molar-refractivity contribution is 0.529. The Morgan fingerprint density at radius 3 is 2.54 bits per heavy atom. The van der Waals surface area contributed by atoms with Crippen LogP contribution in [-0.4, -0.2) is 49.8 Å². The van der Waals surface area contributed by atoms with Crippen LogP contribution in [0.15, 0.2) is 35.3 Å². The predicted molar refractivity (Wildman–Crippen MR) is 113 cm³/mol. The highest BCUT2D eigenvalue weighted by Crippen LogP contribution is 2.45. The summed E-state index contributed by atoms with van der Waals surface area (Å²) in [6, 6.07) is 10.2. The summed E-state index contributed by atoms with van der Waals surface area (Å²) >= 11 is 0. The minimum atomic E-state index is -2.98. The minimum absolute atomic E-state index is 0.146. The molecule has 0 aliphatic heterocycles. The van der Waals surface area contributed by atoms with E-state index < -0.39 is 9.84 Å². The van der Waals surface area contributed by atoms with Crippen molar-refractivity contribution in [3.05, 3.63) is 47.3 Å². The third-order valence-electron chi connectivity index (χ3n) is 5.06. The maximum atomic E-state index is 11.6. The molecule has 1 fully saturated rings. The SMILES string of the molecule is CN=C(NCc1ccccc1-n1nc(C)cc1C)NCC1(CS(C)(=O)=O)CC1. The molecule has 1 aliphatic rings. The lowest BCUT2D eigenvalue weighted by Gasteiger charge is -2.18. The van der Waals surface area contributed by atoms with Crippen LogP contribution in [0.3, 0.4) is 0 Å². The molecule has 2 N–H and O–H groups in total. The predicted octanol–water partition coefficient (Wildman–Crippen LogP) is 1.98. The Balaban J connectivity index is 1.64. The highest BCUT2D eigenvalue weighted by Gasteiger charge is 2.45. The zero-order valence-corrected chi connectivity index (χ0v) is 17.8. The van der Waals surface area contributed by atoms with Gasteiger partial charge in [-0.3, -0.25) is 4.99 Å². The number of rotatable bonds is 7. The van der Waals surface area contributed by atoms with E-state index in [9.17, 15) is 8.42 Å². The zero-order chi connectivity index (χ0) is 20.4. The summed E-state index contributed by atoms with van der Waals surface area (Å²) in [7, 11) is -1.26. The Bertz CT molecular complexity index is 974. The van der Waals surface area contributed by atoms with Gasteiger partial charge in [0.25, 0.3) is 0 Å². The number of sulfone groups is 1. The van der Waals surface area contributed by atoms with Gasteiger partial charge < -0.3 is 10.6 Å². The smallest absolute Gasteiger partial charge is 0.191 e. The van der Waals surface area contributed by atoms with E-state index in [-0.39, 0.29) is 11.2 Å². The van der Waals surface area contributed by atoms with Crippen LogP contribution < -0.4 is 10.6 Å². The molecular formula is C20H29N5O2S. The van der Waals surface area contributed by atoms with Crippen molar-refractivity contribution in [2.75, 3.05) is 25.6 Å². The Hall–Kier alpha value is -2.35. The van der Waals surface area contributed by atoms with Crippen LogP contribution in [0, 0.1) is 19.3 Å². The van der Waals surface area contributed by atoms with Gasteiger partial charge in [0.05, 0.1) is 17.1 Å². The molecule has 0 unspecified atom stereocenters. The number of nitrogens with zero attached hydrogens (tertiary/aromatic N) is 3. The average Bonchev–Trinajstić information content (AvgIpc) is 3.28. The number of benzene rings is 1. The molecule has 152 valence electrons. The van der Waals surface area contributed by atoms with Crippen molar-refractivity contribution in [3.8, 4) is 5.69 Å². The molecule has 3 rings (SSSR count). The normalized spacial score (nSPS) is 16.1. The first kappa shape index (κ1) is 20.4. The van der Waals surface area contributed by atoms with Crippen molar-refractivity contribution >= 4 is 15.8 Å². The van der Waals surface area contributed by atoms with Crippen molar-refractivity contribution in [3.63, 3.8) is 0 Å². The van der Waals surface area contributed by atoms with E-state index in [1.807, 2.05) is 30.7 Å². The number of para-hydroxylation sites is 1. The largest absolute Gasteiger partial charge is 0.356 e. The Morgan fingerprint density at radius 2 is 1.96 bits per heavy atom. The average molecular weight is 404 g/mol. The summed E-state index contributed by atoms with van der Waals surface area (Å²) in [5, 5.41) is 11.2. The molecule has 0 atom stereocenters. The van der Waals surface area contributed by atoms with Crippen LogP contribution in [0.5, 0.6) is 0 Å². The van der Waals surface area contributed by atoms with E-state index >= 15 is 0 Å². The molecule has 0 bridgehead atoms. The minimum Gasteiger partial charge on any atom is -0.356 e. The van der Waals surface area contributed by atoms with Crippen molar-refractivity contribution in [2.45, 2.75) is 33.2 Å². The first-order chi connectivity index (χ1) is 13.2. The van der Waals surface area contributed by atoms with E-state index in [4.69, 9.17) is 0 Å². The van der Waals surface area contributed by atoms with Gasteiger partial charge in [0.2, 0.25) is 0 Å². The third kappa shape index (κ3) is 5.13. The number of guanidine groups is 1. The molecule has 0 spiro atoms. The van der Waals surface area contributed by atoms with Gasteiger partial charge in [-0.2, -0.15) is 5.10 Å². The van der Waals surface area contributed by atoms with Crippen LogP contribution in [0.1, 0.15) is 29.8 Å². The number of hydrogen-bond donors (Lipinski definition) is 2. The fourth-order valence-corrected chi connectivity index (χ4v) is 5.02. The van der Waals surface area contributed by atoms with Gasteiger partial charge >= 0.3 is 0 Å². The highest BCUT2D eigenvalue weighted by molar-refractivity contribution is 7.90. The molecule has 1 aromatic carbocycles. The van der Waals surface area contributed by atoms with Crippen molar-refractivity contribution in [1.29, 1.82) is 0 Å². The molecule has 0 amide bonds. The van der Waals surface area contributed by atoms with Crippen LogP contribution in [-0.2, 0) is 16.4 Å². The van der Waals surface area contributed by atoms with E-state index in [1.54, 1.807) is 7.05 Å². The summed E-state index contributed by atoms with van der Waals surface area (Å²) in [5.74, 6) is 0.896. The summed E-state index contributed by atoms with van der Waals surface area (Å²) in [6.45, 7) is 5.23. The molecular weight excluding hydrogens is 374 g/mol. The molecule has 28 heavy (non-hydrogen) atoms.